The highest BCUT2D eigenvalue weighted by molar-refractivity contribution is 9.10. The van der Waals surface area contributed by atoms with Crippen LogP contribution in [-0.4, -0.2) is 43.5 Å². The number of benzene rings is 2. The second-order valence-electron chi connectivity index (χ2n) is 6.02. The van der Waals surface area contributed by atoms with Crippen molar-refractivity contribution in [2.75, 3.05) is 20.8 Å². The summed E-state index contributed by atoms with van der Waals surface area (Å²) in [5.41, 5.74) is 0.867. The third-order valence-corrected chi connectivity index (χ3v) is 4.96. The SMILES string of the molecule is CNC(=O)[C@H](C)N(Cc1ccc(OC)cc1)C(=O)COc1ccc(Br)cc1Cl. The first kappa shape index (κ1) is 22.0. The van der Waals surface area contributed by atoms with Gasteiger partial charge in [0, 0.05) is 18.1 Å². The van der Waals surface area contributed by atoms with Gasteiger partial charge in [0.1, 0.15) is 17.5 Å². The van der Waals surface area contributed by atoms with E-state index < -0.39 is 6.04 Å². The van der Waals surface area contributed by atoms with Gasteiger partial charge in [0.05, 0.1) is 12.1 Å². The molecule has 0 aromatic heterocycles. The van der Waals surface area contributed by atoms with Crippen molar-refractivity contribution in [2.45, 2.75) is 19.5 Å². The second-order valence-corrected chi connectivity index (χ2v) is 7.35. The predicted octanol–water partition coefficient (Wildman–Crippen LogP) is 3.65. The summed E-state index contributed by atoms with van der Waals surface area (Å²) >= 11 is 9.45. The summed E-state index contributed by atoms with van der Waals surface area (Å²) in [6, 6.07) is 11.8. The van der Waals surface area contributed by atoms with Crippen LogP contribution in [0.4, 0.5) is 0 Å². The topological polar surface area (TPSA) is 67.9 Å². The van der Waals surface area contributed by atoms with Crippen molar-refractivity contribution in [2.24, 2.45) is 0 Å². The van der Waals surface area contributed by atoms with E-state index in [9.17, 15) is 9.59 Å². The molecule has 28 heavy (non-hydrogen) atoms. The van der Waals surface area contributed by atoms with E-state index in [0.29, 0.717) is 16.5 Å². The number of amides is 2. The number of nitrogens with zero attached hydrogens (tertiary/aromatic N) is 1. The van der Waals surface area contributed by atoms with Gasteiger partial charge in [0.25, 0.3) is 5.91 Å². The molecule has 0 aliphatic carbocycles. The fourth-order valence-corrected chi connectivity index (χ4v) is 3.26. The van der Waals surface area contributed by atoms with Crippen LogP contribution < -0.4 is 14.8 Å². The Labute approximate surface area is 177 Å². The first-order chi connectivity index (χ1) is 13.3. The Bertz CT molecular complexity index is 829. The van der Waals surface area contributed by atoms with Crippen molar-refractivity contribution >= 4 is 39.3 Å². The maximum Gasteiger partial charge on any atom is 0.261 e. The van der Waals surface area contributed by atoms with Crippen LogP contribution in [0.5, 0.6) is 11.5 Å². The van der Waals surface area contributed by atoms with Gasteiger partial charge in [-0.05, 0) is 42.8 Å². The number of hydrogen-bond acceptors (Lipinski definition) is 4. The number of carbonyl (C=O) groups excluding carboxylic acids is 2. The molecule has 1 atom stereocenters. The predicted molar refractivity (Wildman–Crippen MR) is 112 cm³/mol. The fraction of sp³-hybridized carbons (Fsp3) is 0.300. The van der Waals surface area contributed by atoms with Crippen molar-refractivity contribution in [1.29, 1.82) is 0 Å². The zero-order valence-corrected chi connectivity index (χ0v) is 18.2. The first-order valence-electron chi connectivity index (χ1n) is 8.57. The van der Waals surface area contributed by atoms with Gasteiger partial charge in [0.15, 0.2) is 6.61 Å². The van der Waals surface area contributed by atoms with Gasteiger partial charge in [-0.15, -0.1) is 0 Å². The van der Waals surface area contributed by atoms with E-state index in [1.54, 1.807) is 44.4 Å². The molecule has 2 amide bonds. The number of ether oxygens (including phenoxy) is 2. The van der Waals surface area contributed by atoms with Crippen LogP contribution in [0.25, 0.3) is 0 Å². The number of rotatable bonds is 8. The largest absolute Gasteiger partial charge is 0.497 e. The van der Waals surface area contributed by atoms with E-state index in [0.717, 1.165) is 10.0 Å². The van der Waals surface area contributed by atoms with Gasteiger partial charge in [-0.25, -0.2) is 0 Å². The molecule has 0 aliphatic heterocycles. The molecule has 150 valence electrons. The smallest absolute Gasteiger partial charge is 0.261 e. The standard InChI is InChI=1S/C20H22BrClN2O4/c1-13(20(26)23-2)24(11-14-4-7-16(27-3)8-5-14)19(25)12-28-18-9-6-15(21)10-17(18)22/h4-10,13H,11-12H2,1-3H3,(H,23,26)/t13-/m0/s1. The molecule has 0 spiro atoms. The quantitative estimate of drug-likeness (QED) is 0.641. The maximum absolute atomic E-state index is 12.8. The summed E-state index contributed by atoms with van der Waals surface area (Å²) < 4.78 is 11.5. The molecule has 2 rings (SSSR count). The van der Waals surface area contributed by atoms with Gasteiger partial charge in [-0.2, -0.15) is 0 Å². The molecule has 0 heterocycles. The van der Waals surface area contributed by atoms with Crippen molar-refractivity contribution in [3.05, 3.63) is 57.5 Å². The molecule has 0 unspecified atom stereocenters. The van der Waals surface area contributed by atoms with Crippen molar-refractivity contribution in [3.63, 3.8) is 0 Å². The molecular formula is C20H22BrClN2O4. The molecule has 0 fully saturated rings. The Kier molecular flexibility index (Phi) is 8.14. The summed E-state index contributed by atoms with van der Waals surface area (Å²) in [7, 11) is 3.12. The van der Waals surface area contributed by atoms with Crippen LogP contribution in [0.2, 0.25) is 5.02 Å². The molecule has 2 aromatic carbocycles. The average Bonchev–Trinajstić information content (AvgIpc) is 2.70. The maximum atomic E-state index is 12.8. The van der Waals surface area contributed by atoms with Crippen molar-refractivity contribution in [1.82, 2.24) is 10.2 Å². The third-order valence-electron chi connectivity index (χ3n) is 4.17. The van der Waals surface area contributed by atoms with Gasteiger partial charge >= 0.3 is 0 Å². The molecule has 1 N–H and O–H groups in total. The van der Waals surface area contributed by atoms with Crippen LogP contribution in [0.1, 0.15) is 12.5 Å². The molecular weight excluding hydrogens is 448 g/mol. The minimum atomic E-state index is -0.663. The van der Waals surface area contributed by atoms with E-state index in [1.165, 1.54) is 11.9 Å². The van der Waals surface area contributed by atoms with Gasteiger partial charge in [0.2, 0.25) is 5.91 Å². The zero-order chi connectivity index (χ0) is 20.7. The summed E-state index contributed by atoms with van der Waals surface area (Å²) in [5, 5.41) is 2.97. The van der Waals surface area contributed by atoms with Gasteiger partial charge in [-0.1, -0.05) is 39.7 Å². The molecule has 2 aromatic rings. The highest BCUT2D eigenvalue weighted by Crippen LogP contribution is 2.27. The molecule has 6 nitrogen and oxygen atoms in total. The van der Waals surface area contributed by atoms with E-state index >= 15 is 0 Å². The lowest BCUT2D eigenvalue weighted by atomic mass is 10.1. The first-order valence-corrected chi connectivity index (χ1v) is 9.74. The molecule has 0 bridgehead atoms. The Hall–Kier alpha value is -2.25. The monoisotopic (exact) mass is 468 g/mol. The van der Waals surface area contributed by atoms with Crippen LogP contribution in [0, 0.1) is 0 Å². The summed E-state index contributed by atoms with van der Waals surface area (Å²) in [6.45, 7) is 1.69. The molecule has 0 saturated heterocycles. The Morgan fingerprint density at radius 2 is 1.89 bits per heavy atom. The van der Waals surface area contributed by atoms with Crippen molar-refractivity contribution < 1.29 is 19.1 Å². The van der Waals surface area contributed by atoms with Gasteiger partial charge in [-0.3, -0.25) is 9.59 Å². The van der Waals surface area contributed by atoms with Crippen LogP contribution in [0.3, 0.4) is 0 Å². The number of halogens is 2. The molecule has 0 saturated carbocycles. The number of hydrogen-bond donors (Lipinski definition) is 1. The lowest BCUT2D eigenvalue weighted by Gasteiger charge is -2.28. The summed E-state index contributed by atoms with van der Waals surface area (Å²) in [6.07, 6.45) is 0. The highest BCUT2D eigenvalue weighted by atomic mass is 79.9. The number of carbonyl (C=O) groups is 2. The minimum Gasteiger partial charge on any atom is -0.497 e. The number of nitrogens with one attached hydrogen (secondary N) is 1. The Balaban J connectivity index is 2.14. The lowest BCUT2D eigenvalue weighted by Crippen LogP contribution is -2.48. The van der Waals surface area contributed by atoms with Crippen LogP contribution in [-0.2, 0) is 16.1 Å². The van der Waals surface area contributed by atoms with Crippen LogP contribution in [0.15, 0.2) is 46.9 Å². The van der Waals surface area contributed by atoms with Crippen LogP contribution >= 0.6 is 27.5 Å². The second kappa shape index (κ2) is 10.3. The van der Waals surface area contributed by atoms with E-state index in [-0.39, 0.29) is 25.0 Å². The average molecular weight is 470 g/mol. The number of likely N-dealkylation sites (N-methyl/N-ethyl adjacent to an activating group) is 1. The third kappa shape index (κ3) is 5.87. The molecule has 0 aliphatic rings. The normalized spacial score (nSPS) is 11.5. The van der Waals surface area contributed by atoms with Crippen molar-refractivity contribution in [3.8, 4) is 11.5 Å². The lowest BCUT2D eigenvalue weighted by molar-refractivity contribution is -0.142. The minimum absolute atomic E-state index is 0.237. The zero-order valence-electron chi connectivity index (χ0n) is 15.9. The van der Waals surface area contributed by atoms with E-state index in [4.69, 9.17) is 21.1 Å². The van der Waals surface area contributed by atoms with E-state index in [1.807, 2.05) is 12.1 Å². The van der Waals surface area contributed by atoms with Gasteiger partial charge < -0.3 is 19.7 Å². The summed E-state index contributed by atoms with van der Waals surface area (Å²) in [4.78, 5) is 26.4. The highest BCUT2D eigenvalue weighted by Gasteiger charge is 2.26. The molecule has 8 heteroatoms. The summed E-state index contributed by atoms with van der Waals surface area (Å²) in [5.74, 6) is 0.527. The fourth-order valence-electron chi connectivity index (χ4n) is 2.53. The Morgan fingerprint density at radius 3 is 2.46 bits per heavy atom. The Morgan fingerprint density at radius 1 is 1.21 bits per heavy atom. The number of methoxy groups -OCH3 is 1. The molecule has 0 radical (unpaired) electrons. The van der Waals surface area contributed by atoms with E-state index in [2.05, 4.69) is 21.2 Å².